The Morgan fingerprint density at radius 3 is 2.17 bits per heavy atom. The fourth-order valence-corrected chi connectivity index (χ4v) is 1.31. The maximum Gasteiger partial charge on any atom is 0.133 e. The lowest BCUT2D eigenvalue weighted by molar-refractivity contribution is -0.833. The summed E-state index contributed by atoms with van der Waals surface area (Å²) in [6.45, 7) is 1.84. The lowest BCUT2D eigenvalue weighted by Crippen LogP contribution is -2.38. The summed E-state index contributed by atoms with van der Waals surface area (Å²) >= 11 is 0. The molecule has 5 nitrogen and oxygen atoms in total. The summed E-state index contributed by atoms with van der Waals surface area (Å²) in [4.78, 5) is 9.15. The van der Waals surface area contributed by atoms with Crippen LogP contribution >= 0.6 is 24.0 Å². The topological polar surface area (TPSA) is 72.4 Å². The largest absolute Gasteiger partial charge is 0.530 e. The van der Waals surface area contributed by atoms with E-state index >= 15 is 0 Å². The predicted octanol–water partition coefficient (Wildman–Crippen LogP) is 0.454. The van der Waals surface area contributed by atoms with Crippen molar-refractivity contribution in [3.8, 4) is 0 Å². The Morgan fingerprint density at radius 2 is 1.94 bits per heavy atom. The van der Waals surface area contributed by atoms with Crippen LogP contribution in [0.15, 0.2) is 23.9 Å². The van der Waals surface area contributed by atoms with Gasteiger partial charge in [0, 0.05) is 7.05 Å². The molecule has 0 aromatic carbocycles. The number of hydrogen-bond donors (Lipinski definition) is 2. The van der Waals surface area contributed by atoms with Gasteiger partial charge in [0.15, 0.2) is 0 Å². The molecule has 0 aromatic rings. The number of carbonyl (C=O) groups is 1. The van der Waals surface area contributed by atoms with Gasteiger partial charge in [-0.15, -0.1) is 24.0 Å². The van der Waals surface area contributed by atoms with E-state index < -0.39 is 11.7 Å². The van der Waals surface area contributed by atoms with Crippen molar-refractivity contribution >= 4 is 30.1 Å². The Kier molecular flexibility index (Phi) is 8.50. The molecule has 1 aliphatic carbocycles. The van der Waals surface area contributed by atoms with Crippen LogP contribution in [0.2, 0.25) is 0 Å². The van der Waals surface area contributed by atoms with Crippen LogP contribution in [-0.4, -0.2) is 49.5 Å². The summed E-state index contributed by atoms with van der Waals surface area (Å²) in [5, 5.41) is 20.7. The Hall–Kier alpha value is -0.600. The minimum absolute atomic E-state index is 0. The molecule has 0 radical (unpaired) electrons. The summed E-state index contributed by atoms with van der Waals surface area (Å²) in [7, 11) is 7.62. The molecule has 0 bridgehead atoms. The third-order valence-corrected chi connectivity index (χ3v) is 2.35. The van der Waals surface area contributed by atoms with Crippen LogP contribution in [0.4, 0.5) is 4.79 Å². The molecule has 1 amide bonds. The van der Waals surface area contributed by atoms with E-state index in [1.54, 1.807) is 0 Å². The Balaban J connectivity index is 0. The van der Waals surface area contributed by atoms with Crippen molar-refractivity contribution < 1.29 is 19.5 Å². The highest BCUT2D eigenvalue weighted by Crippen LogP contribution is 2.26. The summed E-state index contributed by atoms with van der Waals surface area (Å²) in [6, 6.07) is 0. The summed E-state index contributed by atoms with van der Waals surface area (Å²) in [6.07, 6.45) is 5.34. The van der Waals surface area contributed by atoms with Crippen molar-refractivity contribution in [1.82, 2.24) is 5.32 Å². The van der Waals surface area contributed by atoms with Gasteiger partial charge in [0.05, 0.1) is 33.2 Å². The molecule has 106 valence electrons. The van der Waals surface area contributed by atoms with Crippen LogP contribution in [0.3, 0.4) is 0 Å². The number of carbonyl (C=O) groups excluding carboxylic acids is 1. The van der Waals surface area contributed by atoms with Gasteiger partial charge in [0.2, 0.25) is 0 Å². The molecule has 1 atom stereocenters. The molecule has 0 aliphatic heterocycles. The van der Waals surface area contributed by atoms with E-state index in [1.165, 1.54) is 12.7 Å². The maximum atomic E-state index is 9.77. The fourth-order valence-electron chi connectivity index (χ4n) is 1.31. The molecule has 6 heteroatoms. The van der Waals surface area contributed by atoms with Gasteiger partial charge in [-0.05, 0) is 13.0 Å². The van der Waals surface area contributed by atoms with Gasteiger partial charge in [0.25, 0.3) is 0 Å². The van der Waals surface area contributed by atoms with Crippen LogP contribution in [-0.2, 0) is 0 Å². The number of rotatable bonds is 1. The van der Waals surface area contributed by atoms with E-state index in [9.17, 15) is 5.11 Å². The molecule has 0 spiro atoms. The number of hydrogen-bond acceptors (Lipinski definition) is 3. The fraction of sp³-hybridized carbons (Fsp3) is 0.583. The lowest BCUT2D eigenvalue weighted by Gasteiger charge is -2.32. The molecule has 0 fully saturated rings. The first-order valence-electron chi connectivity index (χ1n) is 5.40. The summed E-state index contributed by atoms with van der Waals surface area (Å²) in [5.74, 6) is 0. The van der Waals surface area contributed by atoms with Crippen molar-refractivity contribution in [2.75, 3.05) is 28.2 Å². The zero-order chi connectivity index (χ0) is 13.7. The van der Waals surface area contributed by atoms with E-state index in [1.807, 2.05) is 24.4 Å². The van der Waals surface area contributed by atoms with Crippen molar-refractivity contribution in [3.05, 3.63) is 23.9 Å². The predicted molar refractivity (Wildman–Crippen MR) is 80.4 cm³/mol. The van der Waals surface area contributed by atoms with Gasteiger partial charge in [-0.3, -0.25) is 0 Å². The smallest absolute Gasteiger partial charge is 0.133 e. The van der Waals surface area contributed by atoms with Crippen molar-refractivity contribution in [2.24, 2.45) is 0 Å². The molecule has 0 saturated heterocycles. The second kappa shape index (κ2) is 7.75. The molecule has 0 saturated carbocycles. The second-order valence-electron chi connectivity index (χ2n) is 5.10. The van der Waals surface area contributed by atoms with E-state index in [4.69, 9.17) is 9.90 Å². The zero-order valence-electron chi connectivity index (χ0n) is 11.6. The third-order valence-electron chi connectivity index (χ3n) is 2.35. The Bertz CT molecular complexity index is 331. The van der Waals surface area contributed by atoms with Gasteiger partial charge in [-0.2, -0.15) is 0 Å². The SMILES string of the molecule is CC1(O)C=CC=C([N+](C)(C)C)C1.CNC(=O)[O-].I. The van der Waals surface area contributed by atoms with E-state index in [2.05, 4.69) is 27.2 Å². The molecule has 1 aliphatic rings. The first-order chi connectivity index (χ1) is 7.58. The first-order valence-corrected chi connectivity index (χ1v) is 5.40. The molecule has 1 rings (SSSR count). The Labute approximate surface area is 126 Å². The van der Waals surface area contributed by atoms with E-state index in [0.717, 1.165) is 10.9 Å². The van der Waals surface area contributed by atoms with E-state index in [-0.39, 0.29) is 24.0 Å². The van der Waals surface area contributed by atoms with Crippen molar-refractivity contribution in [2.45, 2.75) is 18.9 Å². The number of halogens is 1. The van der Waals surface area contributed by atoms with Gasteiger partial charge in [-0.1, -0.05) is 12.2 Å². The van der Waals surface area contributed by atoms with Gasteiger partial charge >= 0.3 is 0 Å². The van der Waals surface area contributed by atoms with Crippen LogP contribution in [0.1, 0.15) is 13.3 Å². The average molecular weight is 370 g/mol. The van der Waals surface area contributed by atoms with Gasteiger partial charge < -0.3 is 24.8 Å². The number of amides is 1. The zero-order valence-corrected chi connectivity index (χ0v) is 13.9. The van der Waals surface area contributed by atoms with Crippen LogP contribution in [0, 0.1) is 0 Å². The maximum absolute atomic E-state index is 9.77. The van der Waals surface area contributed by atoms with Crippen LogP contribution < -0.4 is 10.4 Å². The molecule has 1 unspecified atom stereocenters. The highest BCUT2D eigenvalue weighted by atomic mass is 127. The number of nitrogens with zero attached hydrogens (tertiary/aromatic N) is 1. The second-order valence-corrected chi connectivity index (χ2v) is 5.10. The monoisotopic (exact) mass is 370 g/mol. The number of allylic oxidation sites excluding steroid dienone is 2. The number of aliphatic hydroxyl groups is 1. The van der Waals surface area contributed by atoms with Gasteiger partial charge in [-0.25, -0.2) is 0 Å². The van der Waals surface area contributed by atoms with Crippen LogP contribution in [0.5, 0.6) is 0 Å². The number of carboxylic acid groups (broad SMARTS) is 1. The minimum Gasteiger partial charge on any atom is -0.530 e. The quantitative estimate of drug-likeness (QED) is 0.520. The Morgan fingerprint density at radius 1 is 1.50 bits per heavy atom. The molecule has 2 N–H and O–H groups in total. The first kappa shape index (κ1) is 19.7. The van der Waals surface area contributed by atoms with Gasteiger partial charge in [0.1, 0.15) is 11.8 Å². The molecule has 18 heavy (non-hydrogen) atoms. The molecule has 0 heterocycles. The summed E-state index contributed by atoms with van der Waals surface area (Å²) < 4.78 is 0.792. The van der Waals surface area contributed by atoms with Crippen LogP contribution in [0.25, 0.3) is 0 Å². The highest BCUT2D eigenvalue weighted by molar-refractivity contribution is 14.0. The molecule has 0 aromatic heterocycles. The molecular weight excluding hydrogens is 347 g/mol. The van der Waals surface area contributed by atoms with E-state index in [0.29, 0.717) is 0 Å². The standard InChI is InChI=1S/C10H18NO.C2H5NO2.HI/c1-10(12)7-5-6-9(8-10)11(2,3)4;1-3-2(4)5;/h5-7,12H,8H2,1-4H3;3H,1H3,(H,4,5);1H/q+1;;/p-1. The molecular formula is C12H23IN2O3. The highest BCUT2D eigenvalue weighted by Gasteiger charge is 2.28. The van der Waals surface area contributed by atoms with Crippen molar-refractivity contribution in [3.63, 3.8) is 0 Å². The van der Waals surface area contributed by atoms with Crippen molar-refractivity contribution in [1.29, 1.82) is 0 Å². The minimum atomic E-state index is -1.25. The third kappa shape index (κ3) is 8.48. The summed E-state index contributed by atoms with van der Waals surface area (Å²) in [5.41, 5.74) is 0.595. The normalized spacial score (nSPS) is 22.0. The lowest BCUT2D eigenvalue weighted by atomic mass is 9.94. The average Bonchev–Trinajstić information content (AvgIpc) is 2.15. The number of quaternary nitrogens is 1. The number of nitrogens with one attached hydrogen (secondary N) is 1.